The highest BCUT2D eigenvalue weighted by Crippen LogP contribution is 2.08. The number of rotatable bonds is 2. The lowest BCUT2D eigenvalue weighted by Gasteiger charge is -2.05. The van der Waals surface area contributed by atoms with E-state index in [9.17, 15) is 4.79 Å². The predicted molar refractivity (Wildman–Crippen MR) is 50.7 cm³/mol. The van der Waals surface area contributed by atoms with Crippen LogP contribution in [0.5, 0.6) is 5.75 Å². The smallest absolute Gasteiger partial charge is 0.328 e. The second kappa shape index (κ2) is 5.29. The third-order valence-corrected chi connectivity index (χ3v) is 1.33. The normalized spacial score (nSPS) is 11.2. The molecule has 0 saturated heterocycles. The number of carbonyl (C=O) groups excluding carboxylic acids is 1. The zero-order valence-electron chi connectivity index (χ0n) is 7.57. The molecule has 0 aromatic heterocycles. The Morgan fingerprint density at radius 1 is 1.38 bits per heavy atom. The monoisotopic (exact) mass is 182 g/mol. The van der Waals surface area contributed by atoms with E-state index in [2.05, 4.69) is 0 Å². The zero-order chi connectivity index (χ0) is 8.97. The highest BCUT2D eigenvalue weighted by molar-refractivity contribution is 5.77. The van der Waals surface area contributed by atoms with Crippen LogP contribution in [0.15, 0.2) is 30.3 Å². The number of nitrogens with two attached hydrogens (primary N) is 1. The molecule has 0 radical (unpaired) electrons. The van der Waals surface area contributed by atoms with Gasteiger partial charge < -0.3 is 16.6 Å². The molecule has 0 amide bonds. The Balaban J connectivity index is 0.00000144. The second-order valence-electron chi connectivity index (χ2n) is 2.52. The number of ether oxygens (including phenoxy) is 1. The minimum Gasteiger partial charge on any atom is -0.425 e. The maximum absolute atomic E-state index is 11.0. The Morgan fingerprint density at radius 2 is 1.92 bits per heavy atom. The number of esters is 1. The van der Waals surface area contributed by atoms with Gasteiger partial charge >= 0.3 is 5.97 Å². The minimum atomic E-state index is -0.579. The van der Waals surface area contributed by atoms with Crippen LogP contribution in [0.3, 0.4) is 0 Å². The summed E-state index contributed by atoms with van der Waals surface area (Å²) in [5.41, 5.74) is 5.31. The first-order valence-corrected chi connectivity index (χ1v) is 3.72. The molecule has 0 bridgehead atoms. The molecule has 1 rings (SSSR count). The summed E-state index contributed by atoms with van der Waals surface area (Å²) in [5, 5.41) is 0. The van der Waals surface area contributed by atoms with Crippen molar-refractivity contribution in [3.8, 4) is 5.75 Å². The van der Waals surface area contributed by atoms with Crippen LogP contribution in [0.25, 0.3) is 0 Å². The van der Waals surface area contributed by atoms with Crippen molar-refractivity contribution in [3.05, 3.63) is 30.3 Å². The first-order valence-electron chi connectivity index (χ1n) is 3.72. The number of hydrogen-bond acceptors (Lipinski definition) is 4. The maximum atomic E-state index is 11.0. The molecule has 1 aromatic rings. The van der Waals surface area contributed by atoms with Crippen molar-refractivity contribution in [2.24, 2.45) is 5.73 Å². The maximum Gasteiger partial charge on any atom is 0.328 e. The summed E-state index contributed by atoms with van der Waals surface area (Å²) < 4.78 is 4.91. The van der Waals surface area contributed by atoms with Crippen molar-refractivity contribution in [3.63, 3.8) is 0 Å². The van der Waals surface area contributed by atoms with E-state index >= 15 is 0 Å². The van der Waals surface area contributed by atoms with Crippen LogP contribution >= 0.6 is 0 Å². The quantitative estimate of drug-likeness (QED) is 0.529. The fourth-order valence-electron chi connectivity index (χ4n) is 0.698. The van der Waals surface area contributed by atoms with Crippen LogP contribution in [-0.2, 0) is 4.79 Å². The van der Waals surface area contributed by atoms with Gasteiger partial charge in [-0.1, -0.05) is 18.2 Å². The molecule has 0 saturated carbocycles. The van der Waals surface area contributed by atoms with Crippen LogP contribution in [0.2, 0.25) is 0 Å². The van der Waals surface area contributed by atoms with Gasteiger partial charge in [0.15, 0.2) is 0 Å². The van der Waals surface area contributed by atoms with Crippen LogP contribution in [-0.4, -0.2) is 12.0 Å². The molecule has 0 spiro atoms. The van der Waals surface area contributed by atoms with Crippen LogP contribution < -0.4 is 16.6 Å². The van der Waals surface area contributed by atoms with Gasteiger partial charge in [0.05, 0.1) is 0 Å². The summed E-state index contributed by atoms with van der Waals surface area (Å²) in [4.78, 5) is 11.0. The van der Waals surface area contributed by atoms with Crippen molar-refractivity contribution in [1.29, 1.82) is 0 Å². The largest absolute Gasteiger partial charge is 0.425 e. The lowest BCUT2D eigenvalue weighted by molar-refractivity contribution is -0.135. The van der Waals surface area contributed by atoms with Gasteiger partial charge in [-0.25, -0.2) is 4.79 Å². The van der Waals surface area contributed by atoms with Gasteiger partial charge in [-0.2, -0.15) is 0 Å². The Kier molecular flexibility index (Phi) is 4.72. The zero-order valence-corrected chi connectivity index (χ0v) is 7.57. The molecule has 5 N–H and O–H groups in total. The molecule has 0 aliphatic carbocycles. The van der Waals surface area contributed by atoms with Crippen LogP contribution in [0, 0.1) is 0 Å². The van der Waals surface area contributed by atoms with Crippen molar-refractivity contribution in [1.82, 2.24) is 6.15 Å². The molecule has 0 aliphatic heterocycles. The second-order valence-corrected chi connectivity index (χ2v) is 2.52. The molecule has 1 atom stereocenters. The lowest BCUT2D eigenvalue weighted by Crippen LogP contribution is -2.30. The molecule has 13 heavy (non-hydrogen) atoms. The molecular weight excluding hydrogens is 168 g/mol. The molecule has 0 unspecified atom stereocenters. The first-order chi connectivity index (χ1) is 5.70. The van der Waals surface area contributed by atoms with E-state index in [0.29, 0.717) is 5.75 Å². The number of benzene rings is 1. The Labute approximate surface area is 77.3 Å². The van der Waals surface area contributed by atoms with Crippen molar-refractivity contribution < 1.29 is 9.53 Å². The Bertz CT molecular complexity index is 260. The van der Waals surface area contributed by atoms with Crippen LogP contribution in [0.1, 0.15) is 6.92 Å². The SMILES string of the molecule is C[C@H](N)C(=O)Oc1ccccc1.N. The standard InChI is InChI=1S/C9H11NO2.H3N/c1-7(10)9(11)12-8-5-3-2-4-6-8;/h2-7H,10H2,1H3;1H3/t7-;/m0./s1. The minimum absolute atomic E-state index is 0. The molecule has 1 aromatic carbocycles. The van der Waals surface area contributed by atoms with Crippen molar-refractivity contribution in [2.45, 2.75) is 13.0 Å². The number of para-hydroxylation sites is 1. The van der Waals surface area contributed by atoms with E-state index in [1.807, 2.05) is 6.07 Å². The van der Waals surface area contributed by atoms with Gasteiger partial charge in [0, 0.05) is 0 Å². The third kappa shape index (κ3) is 3.68. The van der Waals surface area contributed by atoms with Gasteiger partial charge in [-0.3, -0.25) is 0 Å². The number of carbonyl (C=O) groups is 1. The molecule has 72 valence electrons. The lowest BCUT2D eigenvalue weighted by atomic mass is 10.3. The summed E-state index contributed by atoms with van der Waals surface area (Å²) in [6.45, 7) is 1.59. The molecular formula is C9H14N2O2. The van der Waals surface area contributed by atoms with Gasteiger partial charge in [0.25, 0.3) is 0 Å². The van der Waals surface area contributed by atoms with Crippen molar-refractivity contribution in [2.75, 3.05) is 0 Å². The average molecular weight is 182 g/mol. The summed E-state index contributed by atoms with van der Waals surface area (Å²) >= 11 is 0. The first kappa shape index (κ1) is 11.6. The predicted octanol–water partition coefficient (Wildman–Crippen LogP) is 1.10. The fourth-order valence-corrected chi connectivity index (χ4v) is 0.698. The highest BCUT2D eigenvalue weighted by Gasteiger charge is 2.08. The van der Waals surface area contributed by atoms with E-state index in [-0.39, 0.29) is 6.15 Å². The van der Waals surface area contributed by atoms with E-state index in [0.717, 1.165) is 0 Å². The Hall–Kier alpha value is -1.39. The van der Waals surface area contributed by atoms with Gasteiger partial charge in [-0.15, -0.1) is 0 Å². The summed E-state index contributed by atoms with van der Waals surface area (Å²) in [5.74, 6) is 0.112. The fraction of sp³-hybridized carbons (Fsp3) is 0.222. The van der Waals surface area contributed by atoms with E-state index in [4.69, 9.17) is 10.5 Å². The molecule has 4 nitrogen and oxygen atoms in total. The third-order valence-electron chi connectivity index (χ3n) is 1.33. The number of hydrogen-bond donors (Lipinski definition) is 2. The summed E-state index contributed by atoms with van der Waals surface area (Å²) in [7, 11) is 0. The topological polar surface area (TPSA) is 87.3 Å². The Morgan fingerprint density at radius 3 is 2.38 bits per heavy atom. The van der Waals surface area contributed by atoms with Crippen molar-refractivity contribution >= 4 is 5.97 Å². The van der Waals surface area contributed by atoms with E-state index in [1.54, 1.807) is 31.2 Å². The highest BCUT2D eigenvalue weighted by atomic mass is 16.5. The van der Waals surface area contributed by atoms with Gasteiger partial charge in [-0.05, 0) is 19.1 Å². The summed E-state index contributed by atoms with van der Waals surface area (Å²) in [6.07, 6.45) is 0. The molecule has 0 fully saturated rings. The average Bonchev–Trinajstić information content (AvgIpc) is 2.06. The molecule has 4 heteroatoms. The summed E-state index contributed by atoms with van der Waals surface area (Å²) in [6, 6.07) is 8.28. The van der Waals surface area contributed by atoms with Gasteiger partial charge in [0.1, 0.15) is 11.8 Å². The van der Waals surface area contributed by atoms with Gasteiger partial charge in [0.2, 0.25) is 0 Å². The molecule has 0 aliphatic rings. The molecule has 0 heterocycles. The van der Waals surface area contributed by atoms with Crippen LogP contribution in [0.4, 0.5) is 0 Å². The van der Waals surface area contributed by atoms with E-state index in [1.165, 1.54) is 0 Å². The van der Waals surface area contributed by atoms with E-state index < -0.39 is 12.0 Å².